The lowest BCUT2D eigenvalue weighted by atomic mass is 10.2. The van der Waals surface area contributed by atoms with E-state index in [-0.39, 0.29) is 5.92 Å². The van der Waals surface area contributed by atoms with E-state index in [1.54, 1.807) is 0 Å². The second-order valence-corrected chi connectivity index (χ2v) is 6.06. The van der Waals surface area contributed by atoms with Gasteiger partial charge < -0.3 is 0 Å². The minimum Gasteiger partial charge on any atom is -0.226 e. The highest BCUT2D eigenvalue weighted by Gasteiger charge is 2.14. The fourth-order valence-electron chi connectivity index (χ4n) is 1.64. The minimum atomic E-state index is 0.279. The fourth-order valence-corrected chi connectivity index (χ4v) is 2.27. The second-order valence-electron chi connectivity index (χ2n) is 4.46. The van der Waals surface area contributed by atoms with Gasteiger partial charge in [-0.3, -0.25) is 0 Å². The lowest BCUT2D eigenvalue weighted by Crippen LogP contribution is -2.07. The predicted molar refractivity (Wildman–Crippen MR) is 78.1 cm³/mol. The Bertz CT molecular complexity index is 590. The van der Waals surface area contributed by atoms with Crippen molar-refractivity contribution in [3.05, 3.63) is 32.4 Å². The third-order valence-corrected chi connectivity index (χ3v) is 4.19. The van der Waals surface area contributed by atoms with E-state index in [9.17, 15) is 0 Å². The molecule has 2 rings (SSSR count). The lowest BCUT2D eigenvalue weighted by Gasteiger charge is -2.08. The van der Waals surface area contributed by atoms with Crippen LogP contribution in [0.4, 0.5) is 0 Å². The summed E-state index contributed by atoms with van der Waals surface area (Å²) in [6.45, 7) is 8.12. The first-order valence-corrected chi connectivity index (χ1v) is 7.25. The van der Waals surface area contributed by atoms with Crippen molar-refractivity contribution in [2.75, 3.05) is 0 Å². The minimum absolute atomic E-state index is 0.279. The Hall–Kier alpha value is -0.750. The molecular formula is C12H14Br2N4. The van der Waals surface area contributed by atoms with Crippen LogP contribution in [0.15, 0.2) is 15.1 Å². The SMILES string of the molecule is Cc1nn(-c2cc(Br)nc(C(C)C)n2)c(C)c1Br. The fraction of sp³-hybridized carbons (Fsp3) is 0.417. The molecule has 96 valence electrons. The van der Waals surface area contributed by atoms with Crippen LogP contribution in [0, 0.1) is 13.8 Å². The number of nitrogens with zero attached hydrogens (tertiary/aromatic N) is 4. The smallest absolute Gasteiger partial charge is 0.158 e. The summed E-state index contributed by atoms with van der Waals surface area (Å²) in [6, 6.07) is 1.87. The van der Waals surface area contributed by atoms with Crippen LogP contribution in [0.3, 0.4) is 0 Å². The van der Waals surface area contributed by atoms with Crippen LogP contribution in [0.1, 0.15) is 37.0 Å². The summed E-state index contributed by atoms with van der Waals surface area (Å²) in [6.07, 6.45) is 0. The Morgan fingerprint density at radius 1 is 1.17 bits per heavy atom. The molecule has 0 atom stereocenters. The molecule has 0 radical (unpaired) electrons. The van der Waals surface area contributed by atoms with Crippen LogP contribution in [-0.2, 0) is 0 Å². The zero-order valence-electron chi connectivity index (χ0n) is 10.7. The molecule has 0 fully saturated rings. The van der Waals surface area contributed by atoms with E-state index in [1.165, 1.54) is 0 Å². The van der Waals surface area contributed by atoms with Gasteiger partial charge in [-0.05, 0) is 45.7 Å². The molecule has 0 saturated carbocycles. The van der Waals surface area contributed by atoms with Crippen molar-refractivity contribution in [2.45, 2.75) is 33.6 Å². The summed E-state index contributed by atoms with van der Waals surface area (Å²) >= 11 is 6.95. The van der Waals surface area contributed by atoms with Gasteiger partial charge in [0.2, 0.25) is 0 Å². The van der Waals surface area contributed by atoms with E-state index in [0.717, 1.165) is 32.1 Å². The molecule has 0 bridgehead atoms. The van der Waals surface area contributed by atoms with Gasteiger partial charge in [-0.1, -0.05) is 13.8 Å². The largest absolute Gasteiger partial charge is 0.226 e. The Balaban J connectivity index is 2.60. The Morgan fingerprint density at radius 2 is 1.83 bits per heavy atom. The maximum atomic E-state index is 4.56. The topological polar surface area (TPSA) is 43.6 Å². The van der Waals surface area contributed by atoms with Crippen LogP contribution < -0.4 is 0 Å². The van der Waals surface area contributed by atoms with E-state index in [1.807, 2.05) is 24.6 Å². The van der Waals surface area contributed by atoms with Crippen molar-refractivity contribution < 1.29 is 0 Å². The third-order valence-electron chi connectivity index (χ3n) is 2.64. The standard InChI is InChI=1S/C12H14Br2N4/c1-6(2)12-15-9(13)5-10(16-12)18-8(4)11(14)7(3)17-18/h5-6H,1-4H3. The van der Waals surface area contributed by atoms with E-state index >= 15 is 0 Å². The van der Waals surface area contributed by atoms with Gasteiger partial charge >= 0.3 is 0 Å². The summed E-state index contributed by atoms with van der Waals surface area (Å²) in [5.41, 5.74) is 1.99. The van der Waals surface area contributed by atoms with Gasteiger partial charge in [-0.2, -0.15) is 5.10 Å². The summed E-state index contributed by atoms with van der Waals surface area (Å²) < 4.78 is 3.63. The van der Waals surface area contributed by atoms with Crippen LogP contribution in [0.5, 0.6) is 0 Å². The molecule has 2 aromatic rings. The molecule has 0 spiro atoms. The molecule has 0 saturated heterocycles. The molecule has 0 aliphatic carbocycles. The highest BCUT2D eigenvalue weighted by atomic mass is 79.9. The van der Waals surface area contributed by atoms with Crippen LogP contribution >= 0.6 is 31.9 Å². The highest BCUT2D eigenvalue weighted by Crippen LogP contribution is 2.24. The Kier molecular flexibility index (Phi) is 3.87. The second kappa shape index (κ2) is 5.09. The molecule has 0 N–H and O–H groups in total. The van der Waals surface area contributed by atoms with Gasteiger partial charge in [0.15, 0.2) is 5.82 Å². The molecule has 2 aromatic heterocycles. The lowest BCUT2D eigenvalue weighted by molar-refractivity contribution is 0.731. The first kappa shape index (κ1) is 13.7. The van der Waals surface area contributed by atoms with Gasteiger partial charge in [0.25, 0.3) is 0 Å². The number of hydrogen-bond donors (Lipinski definition) is 0. The first-order valence-electron chi connectivity index (χ1n) is 5.66. The van der Waals surface area contributed by atoms with E-state index in [2.05, 4.69) is 60.8 Å². The van der Waals surface area contributed by atoms with E-state index in [0.29, 0.717) is 0 Å². The Morgan fingerprint density at radius 3 is 2.33 bits per heavy atom. The maximum Gasteiger partial charge on any atom is 0.158 e. The molecule has 0 unspecified atom stereocenters. The van der Waals surface area contributed by atoms with Crippen molar-refractivity contribution in [1.29, 1.82) is 0 Å². The van der Waals surface area contributed by atoms with Crippen molar-refractivity contribution in [3.63, 3.8) is 0 Å². The molecule has 0 aliphatic rings. The first-order chi connectivity index (χ1) is 8.40. The van der Waals surface area contributed by atoms with Crippen LogP contribution in [0.2, 0.25) is 0 Å². The number of halogens is 2. The van der Waals surface area contributed by atoms with Crippen molar-refractivity contribution in [2.24, 2.45) is 0 Å². The Labute approximate surface area is 123 Å². The number of aryl methyl sites for hydroxylation is 1. The number of rotatable bonds is 2. The number of aromatic nitrogens is 4. The third kappa shape index (κ3) is 2.49. The van der Waals surface area contributed by atoms with Crippen molar-refractivity contribution in [1.82, 2.24) is 19.7 Å². The van der Waals surface area contributed by atoms with Crippen LogP contribution in [0.25, 0.3) is 5.82 Å². The van der Waals surface area contributed by atoms with Crippen LogP contribution in [-0.4, -0.2) is 19.7 Å². The van der Waals surface area contributed by atoms with Gasteiger partial charge in [0.1, 0.15) is 10.4 Å². The van der Waals surface area contributed by atoms with Crippen molar-refractivity contribution in [3.8, 4) is 5.82 Å². The molecular weight excluding hydrogens is 360 g/mol. The highest BCUT2D eigenvalue weighted by molar-refractivity contribution is 9.10. The van der Waals surface area contributed by atoms with Gasteiger partial charge in [-0.25, -0.2) is 14.6 Å². The average molecular weight is 374 g/mol. The van der Waals surface area contributed by atoms with Crippen molar-refractivity contribution >= 4 is 31.9 Å². The predicted octanol–water partition coefficient (Wildman–Crippen LogP) is 3.93. The molecule has 18 heavy (non-hydrogen) atoms. The monoisotopic (exact) mass is 372 g/mol. The number of hydrogen-bond acceptors (Lipinski definition) is 3. The summed E-state index contributed by atoms with van der Waals surface area (Å²) in [4.78, 5) is 8.93. The molecule has 6 heteroatoms. The summed E-state index contributed by atoms with van der Waals surface area (Å²) in [5.74, 6) is 1.87. The zero-order valence-corrected chi connectivity index (χ0v) is 13.9. The van der Waals surface area contributed by atoms with Gasteiger partial charge in [0, 0.05) is 12.0 Å². The maximum absolute atomic E-state index is 4.56. The summed E-state index contributed by atoms with van der Waals surface area (Å²) in [7, 11) is 0. The molecule has 0 amide bonds. The average Bonchev–Trinajstić information content (AvgIpc) is 2.56. The van der Waals surface area contributed by atoms with Gasteiger partial charge in [0.05, 0.1) is 15.9 Å². The summed E-state index contributed by atoms with van der Waals surface area (Å²) in [5, 5.41) is 4.48. The quantitative estimate of drug-likeness (QED) is 0.749. The normalized spacial score (nSPS) is 11.3. The zero-order chi connectivity index (χ0) is 13.4. The molecule has 4 nitrogen and oxygen atoms in total. The molecule has 0 aromatic carbocycles. The van der Waals surface area contributed by atoms with E-state index < -0.39 is 0 Å². The molecule has 2 heterocycles. The molecule has 0 aliphatic heterocycles. The van der Waals surface area contributed by atoms with Gasteiger partial charge in [-0.15, -0.1) is 0 Å². The van der Waals surface area contributed by atoms with E-state index in [4.69, 9.17) is 0 Å².